The summed E-state index contributed by atoms with van der Waals surface area (Å²) in [4.78, 5) is 32.6. The van der Waals surface area contributed by atoms with Crippen molar-refractivity contribution in [2.45, 2.75) is 25.8 Å². The molecule has 1 aliphatic rings. The molecule has 6 nitrogen and oxygen atoms in total. The van der Waals surface area contributed by atoms with Crippen molar-refractivity contribution >= 4 is 23.2 Å². The van der Waals surface area contributed by atoms with Crippen molar-refractivity contribution in [1.29, 1.82) is 0 Å². The van der Waals surface area contributed by atoms with Crippen LogP contribution in [0, 0.1) is 0 Å². The summed E-state index contributed by atoms with van der Waals surface area (Å²) in [7, 11) is 0. The second kappa shape index (κ2) is 8.42. The molecule has 138 valence electrons. The van der Waals surface area contributed by atoms with Crippen molar-refractivity contribution in [2.75, 3.05) is 26.2 Å². The predicted molar refractivity (Wildman–Crippen MR) is 101 cm³/mol. The maximum Gasteiger partial charge on any atom is 0.317 e. The average Bonchev–Trinajstić information content (AvgIpc) is 3.16. The fourth-order valence-corrected chi connectivity index (χ4v) is 4.24. The van der Waals surface area contributed by atoms with E-state index in [1.165, 1.54) is 11.3 Å². The second-order valence-electron chi connectivity index (χ2n) is 6.38. The van der Waals surface area contributed by atoms with Crippen molar-refractivity contribution in [1.82, 2.24) is 14.8 Å². The number of thiazole rings is 1. The smallest absolute Gasteiger partial charge is 0.317 e. The van der Waals surface area contributed by atoms with E-state index in [1.807, 2.05) is 47.1 Å². The third-order valence-corrected chi connectivity index (χ3v) is 5.78. The zero-order valence-electron chi connectivity index (χ0n) is 14.8. The number of rotatable bonds is 6. The van der Waals surface area contributed by atoms with Crippen LogP contribution in [-0.4, -0.2) is 64.0 Å². The molecule has 2 heterocycles. The maximum absolute atomic E-state index is 12.8. The topological polar surface area (TPSA) is 73.7 Å². The molecular formula is C19H23N3O3S. The lowest BCUT2D eigenvalue weighted by Crippen LogP contribution is -2.48. The molecule has 2 aromatic rings. The highest BCUT2D eigenvalue weighted by molar-refractivity contribution is 7.16. The van der Waals surface area contributed by atoms with Gasteiger partial charge in [0.05, 0.1) is 12.7 Å². The summed E-state index contributed by atoms with van der Waals surface area (Å²) in [5.41, 5.74) is 1.02. The van der Waals surface area contributed by atoms with Gasteiger partial charge in [0, 0.05) is 24.7 Å². The summed E-state index contributed by atoms with van der Waals surface area (Å²) in [6, 6.07) is 10.1. The molecule has 0 unspecified atom stereocenters. The minimum Gasteiger partial charge on any atom is -0.480 e. The van der Waals surface area contributed by atoms with Gasteiger partial charge < -0.3 is 10.0 Å². The SMILES string of the molecule is CCN(CC(=O)O)C1CCN(C(=O)c2cnc(-c3ccccc3)s2)CC1. The number of amides is 1. The Morgan fingerprint density at radius 2 is 1.96 bits per heavy atom. The van der Waals surface area contributed by atoms with Crippen LogP contribution >= 0.6 is 11.3 Å². The quantitative estimate of drug-likeness (QED) is 0.843. The van der Waals surface area contributed by atoms with Crippen LogP contribution < -0.4 is 0 Å². The zero-order chi connectivity index (χ0) is 18.5. The predicted octanol–water partition coefficient (Wildman–Crippen LogP) is 2.82. The van der Waals surface area contributed by atoms with Crippen molar-refractivity contribution < 1.29 is 14.7 Å². The lowest BCUT2D eigenvalue weighted by atomic mass is 10.0. The molecule has 0 spiro atoms. The van der Waals surface area contributed by atoms with Gasteiger partial charge in [0.25, 0.3) is 5.91 Å². The van der Waals surface area contributed by atoms with Gasteiger partial charge in [-0.3, -0.25) is 14.5 Å². The molecule has 1 N–H and O–H groups in total. The lowest BCUT2D eigenvalue weighted by Gasteiger charge is -2.37. The van der Waals surface area contributed by atoms with Crippen LogP contribution in [0.4, 0.5) is 0 Å². The van der Waals surface area contributed by atoms with Crippen LogP contribution in [0.3, 0.4) is 0 Å². The molecule has 0 saturated carbocycles. The first-order valence-electron chi connectivity index (χ1n) is 8.85. The van der Waals surface area contributed by atoms with Crippen molar-refractivity contribution in [3.05, 3.63) is 41.4 Å². The molecule has 3 rings (SSSR count). The van der Waals surface area contributed by atoms with Crippen molar-refractivity contribution in [3.8, 4) is 10.6 Å². The molecule has 1 aromatic carbocycles. The first kappa shape index (κ1) is 18.5. The van der Waals surface area contributed by atoms with E-state index < -0.39 is 5.97 Å². The third kappa shape index (κ3) is 4.28. The van der Waals surface area contributed by atoms with Crippen LogP contribution in [0.15, 0.2) is 36.5 Å². The van der Waals surface area contributed by atoms with Gasteiger partial charge in [-0.25, -0.2) is 4.98 Å². The van der Waals surface area contributed by atoms with E-state index >= 15 is 0 Å². The average molecular weight is 373 g/mol. The fourth-order valence-electron chi connectivity index (χ4n) is 3.35. The van der Waals surface area contributed by atoms with Crippen LogP contribution in [0.1, 0.15) is 29.4 Å². The minimum absolute atomic E-state index is 0.0180. The van der Waals surface area contributed by atoms with Gasteiger partial charge in [-0.2, -0.15) is 0 Å². The number of nitrogens with zero attached hydrogens (tertiary/aromatic N) is 3. The normalized spacial score (nSPS) is 15.4. The highest BCUT2D eigenvalue weighted by atomic mass is 32.1. The molecule has 1 amide bonds. The summed E-state index contributed by atoms with van der Waals surface area (Å²) in [5, 5.41) is 9.87. The summed E-state index contributed by atoms with van der Waals surface area (Å²) in [6.45, 7) is 4.05. The van der Waals surface area contributed by atoms with Gasteiger partial charge in [0.2, 0.25) is 0 Å². The zero-order valence-corrected chi connectivity index (χ0v) is 15.6. The third-order valence-electron chi connectivity index (χ3n) is 4.75. The second-order valence-corrected chi connectivity index (χ2v) is 7.41. The number of carbonyl (C=O) groups is 2. The first-order valence-corrected chi connectivity index (χ1v) is 9.66. The number of piperidine rings is 1. The molecule has 1 saturated heterocycles. The number of carboxylic acids is 1. The number of likely N-dealkylation sites (tertiary alicyclic amines) is 1. The summed E-state index contributed by atoms with van der Waals surface area (Å²) in [6.07, 6.45) is 3.26. The monoisotopic (exact) mass is 373 g/mol. The fraction of sp³-hybridized carbons (Fsp3) is 0.421. The van der Waals surface area contributed by atoms with Crippen molar-refractivity contribution in [2.24, 2.45) is 0 Å². The Balaban J connectivity index is 1.60. The molecule has 1 fully saturated rings. The summed E-state index contributed by atoms with van der Waals surface area (Å²) >= 11 is 1.42. The van der Waals surface area contributed by atoms with E-state index in [0.29, 0.717) is 24.5 Å². The van der Waals surface area contributed by atoms with E-state index in [2.05, 4.69) is 4.98 Å². The van der Waals surface area contributed by atoms with E-state index in [4.69, 9.17) is 5.11 Å². The van der Waals surface area contributed by atoms with Gasteiger partial charge in [0.15, 0.2) is 0 Å². The summed E-state index contributed by atoms with van der Waals surface area (Å²) in [5.74, 6) is -0.784. The molecule has 0 aliphatic carbocycles. The van der Waals surface area contributed by atoms with Crippen LogP contribution in [0.5, 0.6) is 0 Å². The van der Waals surface area contributed by atoms with Gasteiger partial charge in [-0.1, -0.05) is 37.3 Å². The standard InChI is InChI=1S/C19H23N3O3S/c1-2-21(13-17(23)24)15-8-10-22(11-9-15)19(25)16-12-20-18(26-16)14-6-4-3-5-7-14/h3-7,12,15H,2,8-11,13H2,1H3,(H,23,24). The van der Waals surface area contributed by atoms with E-state index in [0.717, 1.165) is 23.4 Å². The molecule has 7 heteroatoms. The van der Waals surface area contributed by atoms with Gasteiger partial charge in [0.1, 0.15) is 9.88 Å². The minimum atomic E-state index is -0.802. The van der Waals surface area contributed by atoms with Crippen molar-refractivity contribution in [3.63, 3.8) is 0 Å². The highest BCUT2D eigenvalue weighted by Crippen LogP contribution is 2.27. The largest absolute Gasteiger partial charge is 0.480 e. The first-order chi connectivity index (χ1) is 12.6. The number of likely N-dealkylation sites (N-methyl/N-ethyl adjacent to an activating group) is 1. The van der Waals surface area contributed by atoms with Crippen LogP contribution in [0.2, 0.25) is 0 Å². The number of hydrogen-bond donors (Lipinski definition) is 1. The van der Waals surface area contributed by atoms with E-state index in [9.17, 15) is 9.59 Å². The molecule has 26 heavy (non-hydrogen) atoms. The van der Waals surface area contributed by atoms with E-state index in [1.54, 1.807) is 6.20 Å². The Morgan fingerprint density at radius 1 is 1.27 bits per heavy atom. The molecule has 0 bridgehead atoms. The molecule has 1 aromatic heterocycles. The van der Waals surface area contributed by atoms with E-state index in [-0.39, 0.29) is 18.5 Å². The Labute approximate surface area is 157 Å². The number of carbonyl (C=O) groups excluding carboxylic acids is 1. The summed E-state index contributed by atoms with van der Waals surface area (Å²) < 4.78 is 0. The number of aliphatic carboxylic acids is 1. The highest BCUT2D eigenvalue weighted by Gasteiger charge is 2.28. The molecule has 0 radical (unpaired) electrons. The number of carboxylic acid groups (broad SMARTS) is 1. The molecule has 0 atom stereocenters. The Morgan fingerprint density at radius 3 is 2.58 bits per heavy atom. The maximum atomic E-state index is 12.8. The molecule has 1 aliphatic heterocycles. The van der Waals surface area contributed by atoms with Crippen LogP contribution in [-0.2, 0) is 4.79 Å². The number of benzene rings is 1. The van der Waals surface area contributed by atoms with Gasteiger partial charge in [-0.15, -0.1) is 11.3 Å². The van der Waals surface area contributed by atoms with Gasteiger partial charge in [-0.05, 0) is 19.4 Å². The Kier molecular flexibility index (Phi) is 6.00. The number of hydrogen-bond acceptors (Lipinski definition) is 5. The van der Waals surface area contributed by atoms with Gasteiger partial charge >= 0.3 is 5.97 Å². The number of aromatic nitrogens is 1. The molecular weight excluding hydrogens is 350 g/mol. The lowest BCUT2D eigenvalue weighted by molar-refractivity contribution is -0.139. The Bertz CT molecular complexity index is 754. The van der Waals surface area contributed by atoms with Crippen LogP contribution in [0.25, 0.3) is 10.6 Å². The Hall–Kier alpha value is -2.25.